The van der Waals surface area contributed by atoms with Crippen LogP contribution in [0.4, 0.5) is 0 Å². The highest BCUT2D eigenvalue weighted by Gasteiger charge is 2.22. The molecule has 0 aliphatic carbocycles. The summed E-state index contributed by atoms with van der Waals surface area (Å²) in [5.74, 6) is 2.02. The standard InChI is InChI=1S/C19H19N3O5/c1-12(23)26-11-14-5-4-13(27-14)9-22-7-6-16-15(10-22)19(24)21-18(20-16)17-3-2-8-25-17/h2-5,8H,6-7,9-11H2,1H3,(H,20,21,24). The molecule has 8 nitrogen and oxygen atoms in total. The van der Waals surface area contributed by atoms with E-state index in [4.69, 9.17) is 13.6 Å². The Kier molecular flexibility index (Phi) is 4.64. The SMILES string of the molecule is CC(=O)OCc1ccc(CN2CCc3nc(-c4ccco4)[nH]c(=O)c3C2)o1. The van der Waals surface area contributed by atoms with Gasteiger partial charge in [0.1, 0.15) is 18.1 Å². The van der Waals surface area contributed by atoms with E-state index in [1.807, 2.05) is 6.07 Å². The van der Waals surface area contributed by atoms with E-state index < -0.39 is 0 Å². The lowest BCUT2D eigenvalue weighted by molar-refractivity contribution is -0.142. The molecular formula is C19H19N3O5. The Labute approximate surface area is 154 Å². The van der Waals surface area contributed by atoms with Crippen molar-refractivity contribution in [3.8, 4) is 11.6 Å². The van der Waals surface area contributed by atoms with Gasteiger partial charge in [-0.15, -0.1) is 0 Å². The molecule has 3 aromatic heterocycles. The van der Waals surface area contributed by atoms with Gasteiger partial charge in [-0.2, -0.15) is 0 Å². The van der Waals surface area contributed by atoms with Crippen LogP contribution in [0, 0.1) is 0 Å². The van der Waals surface area contributed by atoms with E-state index >= 15 is 0 Å². The highest BCUT2D eigenvalue weighted by atomic mass is 16.5. The Morgan fingerprint density at radius 1 is 1.33 bits per heavy atom. The van der Waals surface area contributed by atoms with E-state index in [0.29, 0.717) is 42.4 Å². The van der Waals surface area contributed by atoms with Crippen molar-refractivity contribution in [1.29, 1.82) is 0 Å². The number of carbonyl (C=O) groups excluding carboxylic acids is 1. The third kappa shape index (κ3) is 3.85. The monoisotopic (exact) mass is 369 g/mol. The van der Waals surface area contributed by atoms with Crippen LogP contribution in [0.3, 0.4) is 0 Å². The summed E-state index contributed by atoms with van der Waals surface area (Å²) in [6.07, 6.45) is 2.23. The highest BCUT2D eigenvalue weighted by Crippen LogP contribution is 2.21. The van der Waals surface area contributed by atoms with Crippen molar-refractivity contribution >= 4 is 5.97 Å². The van der Waals surface area contributed by atoms with Gasteiger partial charge >= 0.3 is 5.97 Å². The number of nitrogens with one attached hydrogen (secondary N) is 1. The van der Waals surface area contributed by atoms with Crippen molar-refractivity contribution in [3.05, 3.63) is 63.7 Å². The zero-order valence-corrected chi connectivity index (χ0v) is 14.9. The molecule has 0 radical (unpaired) electrons. The Bertz CT molecular complexity index is 1000. The van der Waals surface area contributed by atoms with Crippen LogP contribution in [0.2, 0.25) is 0 Å². The maximum Gasteiger partial charge on any atom is 0.303 e. The van der Waals surface area contributed by atoms with E-state index in [1.165, 1.54) is 6.92 Å². The molecule has 4 rings (SSSR count). The first kappa shape index (κ1) is 17.3. The van der Waals surface area contributed by atoms with Crippen LogP contribution < -0.4 is 5.56 Å². The molecular weight excluding hydrogens is 350 g/mol. The molecule has 0 saturated carbocycles. The fourth-order valence-electron chi connectivity index (χ4n) is 3.12. The van der Waals surface area contributed by atoms with Gasteiger partial charge in [0, 0.05) is 26.4 Å². The Morgan fingerprint density at radius 2 is 2.19 bits per heavy atom. The van der Waals surface area contributed by atoms with E-state index in [1.54, 1.807) is 24.5 Å². The van der Waals surface area contributed by atoms with Crippen LogP contribution in [0.15, 0.2) is 44.2 Å². The molecule has 0 unspecified atom stereocenters. The van der Waals surface area contributed by atoms with E-state index in [0.717, 1.165) is 18.0 Å². The zero-order chi connectivity index (χ0) is 18.8. The minimum atomic E-state index is -0.346. The minimum Gasteiger partial charge on any atom is -0.461 e. The lowest BCUT2D eigenvalue weighted by Gasteiger charge is -2.26. The molecule has 0 amide bonds. The van der Waals surface area contributed by atoms with Gasteiger partial charge in [0.2, 0.25) is 0 Å². The van der Waals surface area contributed by atoms with Gasteiger partial charge in [-0.1, -0.05) is 0 Å². The maximum atomic E-state index is 12.5. The van der Waals surface area contributed by atoms with Gasteiger partial charge in [0.05, 0.1) is 24.1 Å². The molecule has 0 aromatic carbocycles. The number of hydrogen-bond acceptors (Lipinski definition) is 7. The number of ether oxygens (including phenoxy) is 1. The lowest BCUT2D eigenvalue weighted by Crippen LogP contribution is -2.35. The molecule has 140 valence electrons. The topological polar surface area (TPSA) is 102 Å². The summed E-state index contributed by atoms with van der Waals surface area (Å²) < 4.78 is 15.9. The van der Waals surface area contributed by atoms with Gasteiger partial charge in [0.15, 0.2) is 11.6 Å². The predicted octanol–water partition coefficient (Wildman–Crippen LogP) is 2.24. The summed E-state index contributed by atoms with van der Waals surface area (Å²) in [5, 5.41) is 0. The average Bonchev–Trinajstić information content (AvgIpc) is 3.32. The number of carbonyl (C=O) groups is 1. The summed E-state index contributed by atoms with van der Waals surface area (Å²) in [4.78, 5) is 32.8. The van der Waals surface area contributed by atoms with E-state index in [2.05, 4.69) is 14.9 Å². The van der Waals surface area contributed by atoms with Gasteiger partial charge in [-0.25, -0.2) is 4.98 Å². The average molecular weight is 369 g/mol. The zero-order valence-electron chi connectivity index (χ0n) is 14.9. The molecule has 0 fully saturated rings. The second kappa shape index (κ2) is 7.24. The smallest absolute Gasteiger partial charge is 0.303 e. The number of fused-ring (bicyclic) bond motifs is 1. The molecule has 0 spiro atoms. The fourth-order valence-corrected chi connectivity index (χ4v) is 3.12. The molecule has 0 bridgehead atoms. The molecule has 3 aromatic rings. The maximum absolute atomic E-state index is 12.5. The summed E-state index contributed by atoms with van der Waals surface area (Å²) >= 11 is 0. The van der Waals surface area contributed by atoms with E-state index in [-0.39, 0.29) is 18.1 Å². The van der Waals surface area contributed by atoms with Crippen LogP contribution in [-0.4, -0.2) is 27.4 Å². The number of furan rings is 2. The number of esters is 1. The van der Waals surface area contributed by atoms with Gasteiger partial charge < -0.3 is 18.6 Å². The first-order valence-corrected chi connectivity index (χ1v) is 8.68. The van der Waals surface area contributed by atoms with Gasteiger partial charge in [-0.05, 0) is 24.3 Å². The van der Waals surface area contributed by atoms with Crippen molar-refractivity contribution < 1.29 is 18.4 Å². The van der Waals surface area contributed by atoms with Crippen molar-refractivity contribution in [2.75, 3.05) is 6.54 Å². The summed E-state index contributed by atoms with van der Waals surface area (Å²) in [6.45, 7) is 3.31. The van der Waals surface area contributed by atoms with Crippen molar-refractivity contribution in [2.24, 2.45) is 0 Å². The predicted molar refractivity (Wildman–Crippen MR) is 94.6 cm³/mol. The first-order chi connectivity index (χ1) is 13.1. The minimum absolute atomic E-state index is 0.122. The Morgan fingerprint density at radius 3 is 2.96 bits per heavy atom. The number of aromatic amines is 1. The van der Waals surface area contributed by atoms with Crippen LogP contribution in [0.1, 0.15) is 29.7 Å². The van der Waals surface area contributed by atoms with Gasteiger partial charge in [-0.3, -0.25) is 14.5 Å². The van der Waals surface area contributed by atoms with Crippen LogP contribution in [0.5, 0.6) is 0 Å². The normalized spacial score (nSPS) is 14.1. The van der Waals surface area contributed by atoms with Crippen molar-refractivity contribution in [2.45, 2.75) is 33.0 Å². The number of aromatic nitrogens is 2. The number of H-pyrrole nitrogens is 1. The van der Waals surface area contributed by atoms with Gasteiger partial charge in [0.25, 0.3) is 5.56 Å². The van der Waals surface area contributed by atoms with E-state index in [9.17, 15) is 9.59 Å². The quantitative estimate of drug-likeness (QED) is 0.688. The summed E-state index contributed by atoms with van der Waals surface area (Å²) in [7, 11) is 0. The van der Waals surface area contributed by atoms with Crippen molar-refractivity contribution in [3.63, 3.8) is 0 Å². The summed E-state index contributed by atoms with van der Waals surface area (Å²) in [6, 6.07) is 7.18. The number of nitrogens with zero attached hydrogens (tertiary/aromatic N) is 2. The third-order valence-electron chi connectivity index (χ3n) is 4.42. The Hall–Kier alpha value is -3.13. The molecule has 1 N–H and O–H groups in total. The Balaban J connectivity index is 1.46. The first-order valence-electron chi connectivity index (χ1n) is 8.68. The largest absolute Gasteiger partial charge is 0.461 e. The fraction of sp³-hybridized carbons (Fsp3) is 0.316. The molecule has 0 saturated heterocycles. The number of rotatable bonds is 5. The van der Waals surface area contributed by atoms with Crippen LogP contribution in [0.25, 0.3) is 11.6 Å². The number of hydrogen-bond donors (Lipinski definition) is 1. The highest BCUT2D eigenvalue weighted by molar-refractivity contribution is 5.65. The molecule has 8 heteroatoms. The second-order valence-electron chi connectivity index (χ2n) is 6.43. The van der Waals surface area contributed by atoms with Crippen molar-refractivity contribution in [1.82, 2.24) is 14.9 Å². The third-order valence-corrected chi connectivity index (χ3v) is 4.42. The van der Waals surface area contributed by atoms with Crippen LogP contribution >= 0.6 is 0 Å². The lowest BCUT2D eigenvalue weighted by atomic mass is 10.1. The molecule has 0 atom stereocenters. The molecule has 27 heavy (non-hydrogen) atoms. The second-order valence-corrected chi connectivity index (χ2v) is 6.43. The summed E-state index contributed by atoms with van der Waals surface area (Å²) in [5.41, 5.74) is 1.32. The molecule has 1 aliphatic heterocycles. The molecule has 4 heterocycles. The molecule has 1 aliphatic rings. The van der Waals surface area contributed by atoms with Crippen LogP contribution in [-0.2, 0) is 35.6 Å².